The fourth-order valence-corrected chi connectivity index (χ4v) is 2.97. The number of anilines is 1. The largest absolute Gasteiger partial charge is 0.381 e. The highest BCUT2D eigenvalue weighted by molar-refractivity contribution is 6.33. The van der Waals surface area contributed by atoms with Gasteiger partial charge < -0.3 is 5.32 Å². The van der Waals surface area contributed by atoms with Crippen LogP contribution in [0.4, 0.5) is 10.1 Å². The van der Waals surface area contributed by atoms with Gasteiger partial charge in [0.15, 0.2) is 0 Å². The summed E-state index contributed by atoms with van der Waals surface area (Å²) in [5.41, 5.74) is 1.93. The van der Waals surface area contributed by atoms with E-state index < -0.39 is 0 Å². The Labute approximate surface area is 127 Å². The summed E-state index contributed by atoms with van der Waals surface area (Å²) in [6.07, 6.45) is 2.01. The van der Waals surface area contributed by atoms with Crippen molar-refractivity contribution in [1.82, 2.24) is 0 Å². The fourth-order valence-electron chi connectivity index (χ4n) is 2.60. The summed E-state index contributed by atoms with van der Waals surface area (Å²) in [6.45, 7) is 0. The first-order valence-electron chi connectivity index (χ1n) is 6.59. The van der Waals surface area contributed by atoms with Crippen LogP contribution in [0.2, 0.25) is 10.0 Å². The van der Waals surface area contributed by atoms with E-state index in [1.807, 2.05) is 18.2 Å². The summed E-state index contributed by atoms with van der Waals surface area (Å²) in [5.74, 6) is 0.237. The van der Waals surface area contributed by atoms with Crippen LogP contribution < -0.4 is 5.32 Å². The van der Waals surface area contributed by atoms with E-state index in [0.717, 1.165) is 17.9 Å². The van der Waals surface area contributed by atoms with E-state index >= 15 is 0 Å². The predicted octanol–water partition coefficient (Wildman–Crippen LogP) is 5.49. The summed E-state index contributed by atoms with van der Waals surface area (Å²) in [5, 5.41) is 4.62. The molecule has 0 radical (unpaired) electrons. The minimum absolute atomic E-state index is 0.275. The molecule has 2 aromatic rings. The van der Waals surface area contributed by atoms with Crippen molar-refractivity contribution in [2.45, 2.75) is 24.8 Å². The van der Waals surface area contributed by atoms with E-state index in [9.17, 15) is 4.39 Å². The Balaban J connectivity index is 1.62. The number of hydrogen-bond donors (Lipinski definition) is 1. The lowest BCUT2D eigenvalue weighted by atomic mass is 9.76. The summed E-state index contributed by atoms with van der Waals surface area (Å²) < 4.78 is 13.2. The normalized spacial score (nSPS) is 21.4. The van der Waals surface area contributed by atoms with Crippen molar-refractivity contribution >= 4 is 28.9 Å². The quantitative estimate of drug-likeness (QED) is 0.790. The van der Waals surface area contributed by atoms with E-state index in [1.54, 1.807) is 6.07 Å². The molecule has 0 aromatic heterocycles. The van der Waals surface area contributed by atoms with Gasteiger partial charge in [-0.3, -0.25) is 0 Å². The van der Waals surface area contributed by atoms with E-state index in [0.29, 0.717) is 22.7 Å². The lowest BCUT2D eigenvalue weighted by Crippen LogP contribution is -2.34. The molecule has 0 unspecified atom stereocenters. The molecule has 104 valence electrons. The smallest absolute Gasteiger partial charge is 0.125 e. The van der Waals surface area contributed by atoms with Gasteiger partial charge in [0, 0.05) is 11.1 Å². The van der Waals surface area contributed by atoms with Crippen molar-refractivity contribution in [1.29, 1.82) is 0 Å². The Morgan fingerprint density at radius 2 is 1.85 bits per heavy atom. The van der Waals surface area contributed by atoms with Gasteiger partial charge >= 0.3 is 0 Å². The molecule has 1 aliphatic carbocycles. The topological polar surface area (TPSA) is 12.0 Å². The highest BCUT2D eigenvalue weighted by Gasteiger charge is 2.30. The first-order chi connectivity index (χ1) is 9.61. The molecule has 0 spiro atoms. The lowest BCUT2D eigenvalue weighted by molar-refractivity contribution is 0.374. The Hall–Kier alpha value is -1.25. The average molecular weight is 310 g/mol. The monoisotopic (exact) mass is 309 g/mol. The van der Waals surface area contributed by atoms with Crippen molar-refractivity contribution in [3.05, 3.63) is 63.9 Å². The van der Waals surface area contributed by atoms with Gasteiger partial charge in [-0.2, -0.15) is 0 Å². The van der Waals surface area contributed by atoms with Gasteiger partial charge in [0.25, 0.3) is 0 Å². The molecule has 0 amide bonds. The number of hydrogen-bond acceptors (Lipinski definition) is 1. The molecule has 0 aliphatic heterocycles. The van der Waals surface area contributed by atoms with Crippen LogP contribution in [0.3, 0.4) is 0 Å². The average Bonchev–Trinajstić information content (AvgIpc) is 2.37. The van der Waals surface area contributed by atoms with Crippen LogP contribution in [0, 0.1) is 5.82 Å². The van der Waals surface area contributed by atoms with Crippen molar-refractivity contribution in [2.75, 3.05) is 5.32 Å². The van der Waals surface area contributed by atoms with Gasteiger partial charge in [-0.1, -0.05) is 35.3 Å². The van der Waals surface area contributed by atoms with Gasteiger partial charge in [-0.05, 0) is 54.7 Å². The number of rotatable bonds is 3. The Kier molecular flexibility index (Phi) is 3.86. The van der Waals surface area contributed by atoms with Crippen LogP contribution in [0.25, 0.3) is 0 Å². The maximum absolute atomic E-state index is 13.2. The molecule has 0 heterocycles. The van der Waals surface area contributed by atoms with Gasteiger partial charge in [-0.25, -0.2) is 4.39 Å². The molecule has 1 aliphatic rings. The number of halogens is 3. The molecule has 0 saturated heterocycles. The zero-order valence-corrected chi connectivity index (χ0v) is 12.3. The molecular weight excluding hydrogens is 296 g/mol. The molecule has 1 fully saturated rings. The second-order valence-corrected chi connectivity index (χ2v) is 6.03. The maximum atomic E-state index is 13.2. The number of benzene rings is 2. The molecule has 2 aromatic carbocycles. The van der Waals surface area contributed by atoms with Crippen molar-refractivity contribution in [3.8, 4) is 0 Å². The van der Waals surface area contributed by atoms with E-state index in [-0.39, 0.29) is 5.82 Å². The minimum atomic E-state index is -0.275. The highest BCUT2D eigenvalue weighted by atomic mass is 35.5. The molecule has 4 heteroatoms. The van der Waals surface area contributed by atoms with Crippen LogP contribution in [0.15, 0.2) is 42.5 Å². The third-order valence-corrected chi connectivity index (χ3v) is 4.31. The lowest BCUT2D eigenvalue weighted by Gasteiger charge is -2.37. The third-order valence-electron chi connectivity index (χ3n) is 3.75. The number of nitrogens with one attached hydrogen (secondary N) is 1. The maximum Gasteiger partial charge on any atom is 0.125 e. The zero-order chi connectivity index (χ0) is 14.1. The molecule has 1 N–H and O–H groups in total. The highest BCUT2D eigenvalue weighted by Crippen LogP contribution is 2.40. The summed E-state index contributed by atoms with van der Waals surface area (Å²) in [4.78, 5) is 0. The zero-order valence-electron chi connectivity index (χ0n) is 10.7. The summed E-state index contributed by atoms with van der Waals surface area (Å²) >= 11 is 12.0. The second kappa shape index (κ2) is 5.63. The van der Waals surface area contributed by atoms with Crippen molar-refractivity contribution in [2.24, 2.45) is 0 Å². The van der Waals surface area contributed by atoms with Crippen molar-refractivity contribution in [3.63, 3.8) is 0 Å². The second-order valence-electron chi connectivity index (χ2n) is 5.19. The Bertz CT molecular complexity index is 624. The molecule has 1 saturated carbocycles. The molecule has 0 atom stereocenters. The van der Waals surface area contributed by atoms with Crippen LogP contribution in [-0.4, -0.2) is 6.04 Å². The summed E-state index contributed by atoms with van der Waals surface area (Å²) in [6, 6.07) is 12.7. The molecule has 1 nitrogen and oxygen atoms in total. The SMILES string of the molecule is Fc1ccc(Cl)c(NC2CC(c3cccc(Cl)c3)C2)c1. The minimum Gasteiger partial charge on any atom is -0.381 e. The standard InChI is InChI=1S/C16H14Cl2FN/c17-12-3-1-2-10(6-12)11-7-14(8-11)20-16-9-13(19)4-5-15(16)18/h1-6,9,11,14,20H,7-8H2. The van der Waals surface area contributed by atoms with Gasteiger partial charge in [0.05, 0.1) is 10.7 Å². The van der Waals surface area contributed by atoms with E-state index in [1.165, 1.54) is 17.7 Å². The first kappa shape index (κ1) is 13.7. The molecule has 3 rings (SSSR count). The predicted molar refractivity (Wildman–Crippen MR) is 82.2 cm³/mol. The molecular formula is C16H14Cl2FN. The van der Waals surface area contributed by atoms with E-state index in [2.05, 4.69) is 11.4 Å². The first-order valence-corrected chi connectivity index (χ1v) is 7.34. The van der Waals surface area contributed by atoms with Crippen LogP contribution in [-0.2, 0) is 0 Å². The van der Waals surface area contributed by atoms with E-state index in [4.69, 9.17) is 23.2 Å². The van der Waals surface area contributed by atoms with Gasteiger partial charge in [0.1, 0.15) is 5.82 Å². The van der Waals surface area contributed by atoms with Crippen LogP contribution in [0.5, 0.6) is 0 Å². The van der Waals surface area contributed by atoms with Gasteiger partial charge in [-0.15, -0.1) is 0 Å². The van der Waals surface area contributed by atoms with Crippen LogP contribution >= 0.6 is 23.2 Å². The Morgan fingerprint density at radius 1 is 1.05 bits per heavy atom. The summed E-state index contributed by atoms with van der Waals surface area (Å²) in [7, 11) is 0. The van der Waals surface area contributed by atoms with Crippen LogP contribution in [0.1, 0.15) is 24.3 Å². The fraction of sp³-hybridized carbons (Fsp3) is 0.250. The molecule has 20 heavy (non-hydrogen) atoms. The Morgan fingerprint density at radius 3 is 2.60 bits per heavy atom. The third kappa shape index (κ3) is 2.92. The van der Waals surface area contributed by atoms with Gasteiger partial charge in [0.2, 0.25) is 0 Å². The molecule has 0 bridgehead atoms. The van der Waals surface area contributed by atoms with Crippen molar-refractivity contribution < 1.29 is 4.39 Å².